The van der Waals surface area contributed by atoms with E-state index in [1.54, 1.807) is 0 Å². The highest BCUT2D eigenvalue weighted by molar-refractivity contribution is 5.72. The number of carboxylic acids is 2. The summed E-state index contributed by atoms with van der Waals surface area (Å²) in [5, 5.41) is 16.8. The fourth-order valence-electron chi connectivity index (χ4n) is 2.98. The van der Waals surface area contributed by atoms with Gasteiger partial charge in [-0.3, -0.25) is 9.59 Å². The lowest BCUT2D eigenvalue weighted by atomic mass is 10.1. The highest BCUT2D eigenvalue weighted by Crippen LogP contribution is 2.09. The van der Waals surface area contributed by atoms with Gasteiger partial charge in [-0.25, -0.2) is 0 Å². The van der Waals surface area contributed by atoms with Gasteiger partial charge in [0, 0.05) is 6.42 Å². The summed E-state index contributed by atoms with van der Waals surface area (Å²) in [4.78, 5) is 20.5. The zero-order valence-electron chi connectivity index (χ0n) is 19.3. The lowest BCUT2D eigenvalue weighted by Gasteiger charge is -2.03. The Kier molecular flexibility index (Phi) is 26.3. The molecule has 0 aromatic rings. The Balaban J connectivity index is 0. The third-order valence-corrected chi connectivity index (χ3v) is 4.94. The quantitative estimate of drug-likeness (QED) is 0.147. The number of hydrogen-bond acceptors (Lipinski definition) is 4. The minimum absolute atomic E-state index is 0.332. The van der Waals surface area contributed by atoms with Crippen molar-refractivity contribution in [3.8, 4) is 0 Å². The van der Waals surface area contributed by atoms with E-state index >= 15 is 0 Å². The first kappa shape index (κ1) is 30.8. The van der Waals surface area contributed by atoms with Crippen LogP contribution in [0.25, 0.3) is 0 Å². The standard InChI is InChI=1S/C18H34O2.C6H14N2O2/c1-2-3-4-5-6-7-8-9-10-11-12-13-14-15-16-17-18(19)20;7-4-2-1-3-5(8)6(9)10/h9-10H,2-8,11-17H2,1H3,(H,19,20);5H,1-4,7-8H2,(H,9,10)/b10-9+;/t;5-/m.0/s1. The van der Waals surface area contributed by atoms with Gasteiger partial charge in [0.15, 0.2) is 0 Å². The van der Waals surface area contributed by atoms with Crippen LogP contribution in [0.3, 0.4) is 0 Å². The molecule has 0 saturated carbocycles. The Labute approximate surface area is 184 Å². The van der Waals surface area contributed by atoms with Gasteiger partial charge in [0.1, 0.15) is 6.04 Å². The molecule has 6 heteroatoms. The van der Waals surface area contributed by atoms with Crippen LogP contribution in [-0.2, 0) is 9.59 Å². The highest BCUT2D eigenvalue weighted by Gasteiger charge is 2.09. The van der Waals surface area contributed by atoms with E-state index in [1.807, 2.05) is 0 Å². The van der Waals surface area contributed by atoms with E-state index in [1.165, 1.54) is 70.6 Å². The lowest BCUT2D eigenvalue weighted by Crippen LogP contribution is -2.29. The summed E-state index contributed by atoms with van der Waals surface area (Å²) in [6.07, 6.45) is 23.4. The summed E-state index contributed by atoms with van der Waals surface area (Å²) in [6.45, 7) is 2.86. The maximum atomic E-state index is 10.3. The fourth-order valence-corrected chi connectivity index (χ4v) is 2.98. The van der Waals surface area contributed by atoms with E-state index < -0.39 is 18.0 Å². The predicted octanol–water partition coefficient (Wildman–Crippen LogP) is 5.64. The molecule has 0 aliphatic rings. The number of hydrogen-bond donors (Lipinski definition) is 4. The molecule has 0 bridgehead atoms. The molecule has 0 aliphatic carbocycles. The Morgan fingerprint density at radius 2 is 1.27 bits per heavy atom. The van der Waals surface area contributed by atoms with Crippen LogP contribution in [0.1, 0.15) is 116 Å². The number of allylic oxidation sites excluding steroid dienone is 2. The summed E-state index contributed by atoms with van der Waals surface area (Å²) in [6, 6.07) is -0.716. The zero-order chi connectivity index (χ0) is 22.9. The number of aliphatic carboxylic acids is 2. The fraction of sp³-hybridized carbons (Fsp3) is 0.833. The summed E-state index contributed by atoms with van der Waals surface area (Å²) in [5.41, 5.74) is 10.4. The van der Waals surface area contributed by atoms with Crippen LogP contribution in [0, 0.1) is 0 Å². The molecule has 0 radical (unpaired) electrons. The molecule has 6 nitrogen and oxygen atoms in total. The van der Waals surface area contributed by atoms with Crippen molar-refractivity contribution < 1.29 is 19.8 Å². The van der Waals surface area contributed by atoms with Gasteiger partial charge in [-0.2, -0.15) is 0 Å². The van der Waals surface area contributed by atoms with E-state index in [9.17, 15) is 9.59 Å². The Hall–Kier alpha value is -1.40. The zero-order valence-corrected chi connectivity index (χ0v) is 19.3. The Bertz CT molecular complexity index is 414. The van der Waals surface area contributed by atoms with Crippen LogP contribution in [0.2, 0.25) is 0 Å². The van der Waals surface area contributed by atoms with Gasteiger partial charge in [0.05, 0.1) is 0 Å². The maximum absolute atomic E-state index is 10.3. The number of rotatable bonds is 20. The third-order valence-electron chi connectivity index (χ3n) is 4.94. The smallest absolute Gasteiger partial charge is 0.320 e. The normalized spacial score (nSPS) is 11.8. The third kappa shape index (κ3) is 28.8. The molecule has 0 aliphatic heterocycles. The molecular weight excluding hydrogens is 380 g/mol. The molecule has 1 atom stereocenters. The summed E-state index contributed by atoms with van der Waals surface area (Å²) >= 11 is 0. The molecule has 0 heterocycles. The first-order valence-electron chi connectivity index (χ1n) is 12.0. The first-order valence-corrected chi connectivity index (χ1v) is 12.0. The van der Waals surface area contributed by atoms with Gasteiger partial charge < -0.3 is 21.7 Å². The number of unbranched alkanes of at least 4 members (excludes halogenated alkanes) is 12. The molecule has 0 fully saturated rings. The van der Waals surface area contributed by atoms with Gasteiger partial charge >= 0.3 is 11.9 Å². The van der Waals surface area contributed by atoms with Crippen LogP contribution >= 0.6 is 0 Å². The number of carbonyl (C=O) groups is 2. The predicted molar refractivity (Wildman–Crippen MR) is 126 cm³/mol. The molecule has 0 spiro atoms. The molecule has 0 unspecified atom stereocenters. The van der Waals surface area contributed by atoms with E-state index in [4.69, 9.17) is 21.7 Å². The topological polar surface area (TPSA) is 127 Å². The molecule has 0 aromatic heterocycles. The maximum Gasteiger partial charge on any atom is 0.320 e. The summed E-state index contributed by atoms with van der Waals surface area (Å²) < 4.78 is 0. The highest BCUT2D eigenvalue weighted by atomic mass is 16.4. The second-order valence-electron chi connectivity index (χ2n) is 7.96. The minimum Gasteiger partial charge on any atom is -0.481 e. The van der Waals surface area contributed by atoms with Crippen molar-refractivity contribution in [1.82, 2.24) is 0 Å². The molecular formula is C24H48N2O4. The Morgan fingerprint density at radius 3 is 1.73 bits per heavy atom. The molecule has 30 heavy (non-hydrogen) atoms. The first-order chi connectivity index (χ1) is 14.5. The SMILES string of the molecule is CCCCCCCC/C=C/CCCCCCCC(=O)O.NCCCC[C@H](N)C(=O)O. The van der Waals surface area contributed by atoms with Crippen LogP contribution in [0.4, 0.5) is 0 Å². The van der Waals surface area contributed by atoms with E-state index in [0.717, 1.165) is 25.7 Å². The van der Waals surface area contributed by atoms with Crippen molar-refractivity contribution in [2.75, 3.05) is 6.54 Å². The Morgan fingerprint density at radius 1 is 0.767 bits per heavy atom. The van der Waals surface area contributed by atoms with Gasteiger partial charge in [-0.1, -0.05) is 76.9 Å². The lowest BCUT2D eigenvalue weighted by molar-refractivity contribution is -0.139. The van der Waals surface area contributed by atoms with Crippen LogP contribution in [0.5, 0.6) is 0 Å². The van der Waals surface area contributed by atoms with Gasteiger partial charge in [-0.15, -0.1) is 0 Å². The summed E-state index contributed by atoms with van der Waals surface area (Å²) in [5.74, 6) is -1.60. The van der Waals surface area contributed by atoms with E-state index in [2.05, 4.69) is 19.1 Å². The molecule has 0 aromatic carbocycles. The second kappa shape index (κ2) is 25.6. The average molecular weight is 429 g/mol. The molecule has 0 saturated heterocycles. The van der Waals surface area contributed by atoms with Crippen molar-refractivity contribution in [3.63, 3.8) is 0 Å². The van der Waals surface area contributed by atoms with Gasteiger partial charge in [0.25, 0.3) is 0 Å². The van der Waals surface area contributed by atoms with E-state index in [-0.39, 0.29) is 0 Å². The largest absolute Gasteiger partial charge is 0.481 e. The van der Waals surface area contributed by atoms with Crippen molar-refractivity contribution >= 4 is 11.9 Å². The van der Waals surface area contributed by atoms with Crippen LogP contribution in [-0.4, -0.2) is 34.7 Å². The van der Waals surface area contributed by atoms with Crippen molar-refractivity contribution in [2.45, 2.75) is 122 Å². The van der Waals surface area contributed by atoms with Gasteiger partial charge in [-0.05, 0) is 51.5 Å². The van der Waals surface area contributed by atoms with E-state index in [0.29, 0.717) is 19.4 Å². The summed E-state index contributed by atoms with van der Waals surface area (Å²) in [7, 11) is 0. The molecule has 0 rings (SSSR count). The number of nitrogens with two attached hydrogens (primary N) is 2. The minimum atomic E-state index is -0.933. The van der Waals surface area contributed by atoms with Crippen molar-refractivity contribution in [3.05, 3.63) is 12.2 Å². The van der Waals surface area contributed by atoms with Crippen LogP contribution < -0.4 is 11.5 Å². The molecule has 178 valence electrons. The van der Waals surface area contributed by atoms with Crippen molar-refractivity contribution in [1.29, 1.82) is 0 Å². The monoisotopic (exact) mass is 428 g/mol. The number of carboxylic acid groups (broad SMARTS) is 2. The van der Waals surface area contributed by atoms with Gasteiger partial charge in [0.2, 0.25) is 0 Å². The molecule has 0 amide bonds. The molecule has 6 N–H and O–H groups in total. The van der Waals surface area contributed by atoms with Crippen molar-refractivity contribution in [2.24, 2.45) is 11.5 Å². The van der Waals surface area contributed by atoms with Crippen LogP contribution in [0.15, 0.2) is 12.2 Å². The average Bonchev–Trinajstić information content (AvgIpc) is 2.71. The second-order valence-corrected chi connectivity index (χ2v) is 7.96.